The van der Waals surface area contributed by atoms with Crippen molar-refractivity contribution in [2.75, 3.05) is 0 Å². The van der Waals surface area contributed by atoms with Gasteiger partial charge < -0.3 is 4.84 Å². The molecule has 31 heavy (non-hydrogen) atoms. The first-order chi connectivity index (χ1) is 15.3. The normalized spacial score (nSPS) is 11.9. The van der Waals surface area contributed by atoms with Crippen LogP contribution in [0.2, 0.25) is 0 Å². The Morgan fingerprint density at radius 3 is 1.58 bits per heavy atom. The highest BCUT2D eigenvalue weighted by molar-refractivity contribution is 6.24. The van der Waals surface area contributed by atoms with Crippen molar-refractivity contribution in [2.24, 2.45) is 5.16 Å². The summed E-state index contributed by atoms with van der Waals surface area (Å²) in [5.41, 5.74) is 5.37. The average molecular weight is 399 g/mol. The Labute approximate surface area is 179 Å². The minimum absolute atomic E-state index is 0.456. The van der Waals surface area contributed by atoms with E-state index in [9.17, 15) is 4.79 Å². The molecule has 0 spiro atoms. The van der Waals surface area contributed by atoms with Gasteiger partial charge in [0.1, 0.15) is 5.71 Å². The van der Waals surface area contributed by atoms with Gasteiger partial charge in [0.2, 0.25) is 0 Å². The Kier molecular flexibility index (Phi) is 3.93. The van der Waals surface area contributed by atoms with Gasteiger partial charge in [-0.15, -0.1) is 0 Å². The second kappa shape index (κ2) is 6.92. The first kappa shape index (κ1) is 17.6. The molecule has 0 bridgehead atoms. The summed E-state index contributed by atoms with van der Waals surface area (Å²) in [6, 6.07) is 33.9. The molecule has 6 rings (SSSR count). The summed E-state index contributed by atoms with van der Waals surface area (Å²) in [4.78, 5) is 18.9. The molecule has 0 aromatic heterocycles. The van der Waals surface area contributed by atoms with Gasteiger partial charge in [-0.1, -0.05) is 102 Å². The van der Waals surface area contributed by atoms with E-state index in [0.29, 0.717) is 11.3 Å². The quantitative estimate of drug-likeness (QED) is 0.187. The Morgan fingerprint density at radius 1 is 0.581 bits per heavy atom. The van der Waals surface area contributed by atoms with Crippen LogP contribution in [0.25, 0.3) is 32.7 Å². The molecule has 1 aliphatic rings. The lowest BCUT2D eigenvalue weighted by Crippen LogP contribution is -2.07. The van der Waals surface area contributed by atoms with E-state index in [4.69, 9.17) is 4.84 Å². The third-order valence-corrected chi connectivity index (χ3v) is 5.85. The van der Waals surface area contributed by atoms with Gasteiger partial charge in [-0.05, 0) is 38.7 Å². The van der Waals surface area contributed by atoms with Gasteiger partial charge in [0.15, 0.2) is 0 Å². The summed E-state index contributed by atoms with van der Waals surface area (Å²) in [5, 5.41) is 8.08. The molecule has 0 N–H and O–H groups in total. The maximum Gasteiger partial charge on any atom is 0.367 e. The number of hydrogen-bond donors (Lipinski definition) is 0. The number of hydrogen-bond acceptors (Lipinski definition) is 3. The fourth-order valence-corrected chi connectivity index (χ4v) is 4.46. The number of benzene rings is 5. The lowest BCUT2D eigenvalue weighted by Gasteiger charge is -2.09. The first-order valence-corrected chi connectivity index (χ1v) is 10.2. The summed E-state index contributed by atoms with van der Waals surface area (Å²) in [6.45, 7) is 0. The van der Waals surface area contributed by atoms with Crippen molar-refractivity contribution >= 4 is 33.2 Å². The SMILES string of the molecule is O=C(ON=C1c2ccccc2-c2ccccc21)c1c2ccccc2cc2ccccc12. The fourth-order valence-electron chi connectivity index (χ4n) is 4.46. The van der Waals surface area contributed by atoms with E-state index in [2.05, 4.69) is 23.4 Å². The number of fused-ring (bicyclic) bond motifs is 5. The zero-order valence-electron chi connectivity index (χ0n) is 16.6. The van der Waals surface area contributed by atoms with Gasteiger partial charge in [-0.25, -0.2) is 4.79 Å². The maximum absolute atomic E-state index is 13.3. The lowest BCUT2D eigenvalue weighted by molar-refractivity contribution is 0.0521. The Balaban J connectivity index is 1.49. The van der Waals surface area contributed by atoms with E-state index in [1.54, 1.807) is 0 Å². The standard InChI is InChI=1S/C28H17NO2/c30-28(26-20-11-3-1-9-18(20)17-19-10-2-4-12-21(19)26)31-29-27-24-15-7-5-13-22(24)23-14-6-8-16-25(23)27/h1-17H. The van der Waals surface area contributed by atoms with E-state index in [1.807, 2.05) is 84.9 Å². The molecule has 0 fully saturated rings. The molecule has 5 aromatic carbocycles. The minimum atomic E-state index is -0.456. The molecule has 0 atom stereocenters. The van der Waals surface area contributed by atoms with Crippen molar-refractivity contribution in [1.82, 2.24) is 0 Å². The lowest BCUT2D eigenvalue weighted by atomic mass is 9.97. The van der Waals surface area contributed by atoms with E-state index in [-0.39, 0.29) is 0 Å². The number of nitrogens with zero attached hydrogens (tertiary/aromatic N) is 1. The summed E-state index contributed by atoms with van der Waals surface area (Å²) in [5.74, 6) is -0.456. The Bertz CT molecular complexity index is 1430. The Hall–Kier alpha value is -4.24. The third kappa shape index (κ3) is 2.75. The Morgan fingerprint density at radius 2 is 1.03 bits per heavy atom. The van der Waals surface area contributed by atoms with E-state index in [0.717, 1.165) is 43.8 Å². The molecule has 1 aliphatic carbocycles. The highest BCUT2D eigenvalue weighted by Crippen LogP contribution is 2.37. The van der Waals surface area contributed by atoms with Gasteiger partial charge in [-0.2, -0.15) is 0 Å². The molecule has 0 heterocycles. The molecule has 3 heteroatoms. The van der Waals surface area contributed by atoms with Crippen LogP contribution in [0.3, 0.4) is 0 Å². The summed E-state index contributed by atoms with van der Waals surface area (Å²) >= 11 is 0. The molecule has 146 valence electrons. The van der Waals surface area contributed by atoms with Crippen LogP contribution >= 0.6 is 0 Å². The highest BCUT2D eigenvalue weighted by Gasteiger charge is 2.25. The zero-order valence-corrected chi connectivity index (χ0v) is 16.6. The van der Waals surface area contributed by atoms with Gasteiger partial charge in [0.25, 0.3) is 0 Å². The van der Waals surface area contributed by atoms with E-state index in [1.165, 1.54) is 0 Å². The minimum Gasteiger partial charge on any atom is -0.312 e. The molecular weight excluding hydrogens is 382 g/mol. The molecule has 3 nitrogen and oxygen atoms in total. The molecule has 5 aromatic rings. The van der Waals surface area contributed by atoms with Crippen molar-refractivity contribution in [3.63, 3.8) is 0 Å². The largest absolute Gasteiger partial charge is 0.367 e. The first-order valence-electron chi connectivity index (χ1n) is 10.2. The van der Waals surface area contributed by atoms with Crippen molar-refractivity contribution in [3.05, 3.63) is 120 Å². The number of oxime groups is 1. The average Bonchev–Trinajstić information content (AvgIpc) is 3.14. The smallest absolute Gasteiger partial charge is 0.312 e. The van der Waals surface area contributed by atoms with E-state index >= 15 is 0 Å². The van der Waals surface area contributed by atoms with Crippen molar-refractivity contribution in [3.8, 4) is 11.1 Å². The second-order valence-corrected chi connectivity index (χ2v) is 7.60. The van der Waals surface area contributed by atoms with Gasteiger partial charge in [0.05, 0.1) is 5.56 Å². The van der Waals surface area contributed by atoms with Crippen molar-refractivity contribution < 1.29 is 9.63 Å². The molecule has 0 saturated heterocycles. The van der Waals surface area contributed by atoms with Crippen molar-refractivity contribution in [2.45, 2.75) is 0 Å². The predicted molar refractivity (Wildman–Crippen MR) is 124 cm³/mol. The summed E-state index contributed by atoms with van der Waals surface area (Å²) < 4.78 is 0. The third-order valence-electron chi connectivity index (χ3n) is 5.85. The molecular formula is C28H17NO2. The predicted octanol–water partition coefficient (Wildman–Crippen LogP) is 6.58. The van der Waals surface area contributed by atoms with Crippen LogP contribution in [-0.4, -0.2) is 11.7 Å². The van der Waals surface area contributed by atoms with Crippen LogP contribution in [0.4, 0.5) is 0 Å². The van der Waals surface area contributed by atoms with Crippen LogP contribution in [0.5, 0.6) is 0 Å². The monoisotopic (exact) mass is 399 g/mol. The van der Waals surface area contributed by atoms with Gasteiger partial charge in [0, 0.05) is 11.1 Å². The van der Waals surface area contributed by atoms with Crippen LogP contribution in [-0.2, 0) is 4.84 Å². The molecule has 0 unspecified atom stereocenters. The zero-order chi connectivity index (χ0) is 20.8. The topological polar surface area (TPSA) is 38.7 Å². The van der Waals surface area contributed by atoms with Gasteiger partial charge >= 0.3 is 5.97 Å². The molecule has 0 radical (unpaired) electrons. The number of rotatable bonds is 2. The number of carbonyl (C=O) groups excluding carboxylic acids is 1. The molecule has 0 aliphatic heterocycles. The maximum atomic E-state index is 13.3. The van der Waals surface area contributed by atoms with E-state index < -0.39 is 5.97 Å². The van der Waals surface area contributed by atoms with Crippen LogP contribution in [0.15, 0.2) is 108 Å². The van der Waals surface area contributed by atoms with Crippen molar-refractivity contribution in [1.29, 1.82) is 0 Å². The van der Waals surface area contributed by atoms with Crippen LogP contribution < -0.4 is 0 Å². The molecule has 0 saturated carbocycles. The summed E-state index contributed by atoms with van der Waals surface area (Å²) in [7, 11) is 0. The van der Waals surface area contributed by atoms with Gasteiger partial charge in [-0.3, -0.25) is 0 Å². The highest BCUT2D eigenvalue weighted by atomic mass is 16.7. The molecule has 0 amide bonds. The summed E-state index contributed by atoms with van der Waals surface area (Å²) in [6.07, 6.45) is 0. The number of carbonyl (C=O) groups is 1. The second-order valence-electron chi connectivity index (χ2n) is 7.60. The fraction of sp³-hybridized carbons (Fsp3) is 0. The van der Waals surface area contributed by atoms with Crippen LogP contribution in [0.1, 0.15) is 21.5 Å². The van der Waals surface area contributed by atoms with Crippen LogP contribution in [0, 0.1) is 0 Å².